The molecule has 1 fully saturated rings. The molecule has 1 unspecified atom stereocenters. The topological polar surface area (TPSA) is 97.9 Å². The third-order valence-corrected chi connectivity index (χ3v) is 6.53. The maximum absolute atomic E-state index is 13.1. The van der Waals surface area contributed by atoms with Crippen molar-refractivity contribution in [1.82, 2.24) is 9.78 Å². The van der Waals surface area contributed by atoms with Crippen LogP contribution in [0.2, 0.25) is 5.02 Å². The Balaban J connectivity index is 1.56. The molecular formula is C22H18ClN5O3S. The molecule has 0 spiro atoms. The molecule has 32 heavy (non-hydrogen) atoms. The first-order valence-electron chi connectivity index (χ1n) is 10.0. The summed E-state index contributed by atoms with van der Waals surface area (Å²) < 4.78 is 6.71. The summed E-state index contributed by atoms with van der Waals surface area (Å²) in [6.45, 7) is 0. The zero-order chi connectivity index (χ0) is 22.2. The minimum atomic E-state index is -0.433. The highest BCUT2D eigenvalue weighted by atomic mass is 35.5. The molecule has 8 nitrogen and oxygen atoms in total. The molecule has 1 aliphatic carbocycles. The number of ether oxygens (including phenoxy) is 1. The maximum Gasteiger partial charge on any atom is 0.260 e. The van der Waals surface area contributed by atoms with E-state index < -0.39 is 5.91 Å². The smallest absolute Gasteiger partial charge is 0.260 e. The predicted octanol–water partition coefficient (Wildman–Crippen LogP) is 4.51. The zero-order valence-electron chi connectivity index (χ0n) is 17.0. The van der Waals surface area contributed by atoms with Gasteiger partial charge >= 0.3 is 0 Å². The second-order valence-electron chi connectivity index (χ2n) is 7.40. The monoisotopic (exact) mass is 467 g/mol. The molecule has 1 aliphatic heterocycles. The fourth-order valence-electron chi connectivity index (χ4n) is 3.86. The summed E-state index contributed by atoms with van der Waals surface area (Å²) in [6.07, 6.45) is 2.44. The number of hydrogen-bond acceptors (Lipinski definition) is 6. The second kappa shape index (κ2) is 8.33. The summed E-state index contributed by atoms with van der Waals surface area (Å²) >= 11 is 7.60. The molecule has 5 rings (SSSR count). The van der Waals surface area contributed by atoms with Crippen molar-refractivity contribution in [2.45, 2.75) is 19.3 Å². The van der Waals surface area contributed by atoms with Crippen LogP contribution in [0.15, 0.2) is 51.8 Å². The van der Waals surface area contributed by atoms with Crippen molar-refractivity contribution in [2.75, 3.05) is 12.4 Å². The van der Waals surface area contributed by atoms with E-state index in [2.05, 4.69) is 20.4 Å². The molecule has 0 radical (unpaired) electrons. The second-order valence-corrected chi connectivity index (χ2v) is 8.78. The fraction of sp³-hybridized carbons (Fsp3) is 0.227. The van der Waals surface area contributed by atoms with Crippen molar-refractivity contribution < 1.29 is 14.3 Å². The minimum Gasteiger partial charge on any atom is -0.496 e. The van der Waals surface area contributed by atoms with Gasteiger partial charge in [-0.1, -0.05) is 17.7 Å². The molecule has 1 aromatic carbocycles. The first-order chi connectivity index (χ1) is 15.5. The third-order valence-electron chi connectivity index (χ3n) is 5.40. The number of thiophene rings is 1. The number of aliphatic imine (C=N–C) groups is 2. The largest absolute Gasteiger partial charge is 0.496 e. The number of nitrogens with one attached hydrogen (secondary N) is 1. The summed E-state index contributed by atoms with van der Waals surface area (Å²) in [5.41, 5.74) is 1.73. The Labute approximate surface area is 192 Å². The Hall–Kier alpha value is -3.30. The van der Waals surface area contributed by atoms with E-state index in [0.29, 0.717) is 22.3 Å². The van der Waals surface area contributed by atoms with Gasteiger partial charge in [0.2, 0.25) is 0 Å². The third kappa shape index (κ3) is 3.74. The summed E-state index contributed by atoms with van der Waals surface area (Å²) in [5.74, 6) is -0.00979. The van der Waals surface area contributed by atoms with Crippen LogP contribution in [0.5, 0.6) is 5.75 Å². The summed E-state index contributed by atoms with van der Waals surface area (Å²) in [6, 6.07) is 10.4. The van der Waals surface area contributed by atoms with Crippen molar-refractivity contribution >= 4 is 52.2 Å². The Kier molecular flexibility index (Phi) is 5.36. The van der Waals surface area contributed by atoms with Crippen molar-refractivity contribution in [3.05, 3.63) is 52.4 Å². The Bertz CT molecular complexity index is 1280. The molecule has 10 heteroatoms. The van der Waals surface area contributed by atoms with Crippen LogP contribution in [0.4, 0.5) is 5.82 Å². The Morgan fingerprint density at radius 1 is 1.28 bits per heavy atom. The van der Waals surface area contributed by atoms with Crippen molar-refractivity contribution in [1.29, 1.82) is 0 Å². The highest BCUT2D eigenvalue weighted by molar-refractivity contribution is 7.13. The first kappa shape index (κ1) is 20.6. The quantitative estimate of drug-likeness (QED) is 0.610. The normalized spacial score (nSPS) is 17.6. The Morgan fingerprint density at radius 3 is 2.94 bits per heavy atom. The van der Waals surface area contributed by atoms with Crippen LogP contribution >= 0.6 is 22.9 Å². The van der Waals surface area contributed by atoms with Crippen LogP contribution in [0.1, 0.15) is 29.6 Å². The zero-order valence-corrected chi connectivity index (χ0v) is 18.6. The lowest BCUT2D eigenvalue weighted by atomic mass is 10.1. The Morgan fingerprint density at radius 2 is 2.16 bits per heavy atom. The highest BCUT2D eigenvalue weighted by Crippen LogP contribution is 2.31. The number of carbonyl (C=O) groups is 2. The van der Waals surface area contributed by atoms with E-state index in [1.54, 1.807) is 18.2 Å². The van der Waals surface area contributed by atoms with Gasteiger partial charge in [-0.3, -0.25) is 9.59 Å². The van der Waals surface area contributed by atoms with Crippen LogP contribution in [0.25, 0.3) is 10.6 Å². The number of halogens is 1. The van der Waals surface area contributed by atoms with Gasteiger partial charge in [-0.05, 0) is 48.9 Å². The predicted molar refractivity (Wildman–Crippen MR) is 124 cm³/mol. The number of carbonyl (C=O) groups excluding carboxylic acids is 2. The number of rotatable bonds is 4. The molecule has 1 N–H and O–H groups in total. The number of fused-ring (bicyclic) bond motifs is 1. The van der Waals surface area contributed by atoms with Crippen LogP contribution in [0.3, 0.4) is 0 Å². The molecule has 0 bridgehead atoms. The molecule has 0 saturated heterocycles. The van der Waals surface area contributed by atoms with Crippen LogP contribution < -0.4 is 10.1 Å². The van der Waals surface area contributed by atoms with E-state index in [1.807, 2.05) is 17.5 Å². The van der Waals surface area contributed by atoms with Gasteiger partial charge in [-0.2, -0.15) is 14.8 Å². The molecule has 3 aromatic rings. The number of nitrogens with zero attached hydrogens (tertiary/aromatic N) is 4. The number of anilines is 1. The molecule has 1 atom stereocenters. The van der Waals surface area contributed by atoms with Crippen molar-refractivity contribution in [2.24, 2.45) is 15.9 Å². The number of hydrogen-bond donors (Lipinski definition) is 1. The van der Waals surface area contributed by atoms with Gasteiger partial charge in [0, 0.05) is 16.8 Å². The lowest BCUT2D eigenvalue weighted by molar-refractivity contribution is -0.119. The van der Waals surface area contributed by atoms with Gasteiger partial charge in [-0.25, -0.2) is 4.99 Å². The SMILES string of the molecule is COc1ccc(Cl)cc1C(=O)Nc1cc(-c2cccs2)nn1C1=NC(=O)C2CCCC2=N1. The molecule has 2 aliphatic rings. The average Bonchev–Trinajstić information content (AvgIpc) is 3.54. The van der Waals surface area contributed by atoms with E-state index in [0.717, 1.165) is 29.9 Å². The summed E-state index contributed by atoms with van der Waals surface area (Å²) in [4.78, 5) is 35.3. The van der Waals surface area contributed by atoms with Crippen molar-refractivity contribution in [3.63, 3.8) is 0 Å². The maximum atomic E-state index is 13.1. The van der Waals surface area contributed by atoms with Crippen LogP contribution in [-0.2, 0) is 4.79 Å². The fourth-order valence-corrected chi connectivity index (χ4v) is 4.71. The lowest BCUT2D eigenvalue weighted by Gasteiger charge is -2.15. The highest BCUT2D eigenvalue weighted by Gasteiger charge is 2.34. The van der Waals surface area contributed by atoms with E-state index in [1.165, 1.54) is 29.2 Å². The number of methoxy groups -OCH3 is 1. The van der Waals surface area contributed by atoms with Gasteiger partial charge in [0.15, 0.2) is 0 Å². The van der Waals surface area contributed by atoms with Gasteiger partial charge in [0.1, 0.15) is 17.3 Å². The molecule has 3 heterocycles. The number of amides is 2. The standard InChI is InChI=1S/C22H18ClN5O3S/c1-31-17-8-7-12(23)10-14(17)21(30)25-19-11-16(18-6-3-9-32-18)27-28(19)22-24-15-5-2-4-13(15)20(29)26-22/h3,6-11,13H,2,4-5H2,1H3,(H,25,30). The van der Waals surface area contributed by atoms with Gasteiger partial charge in [0.25, 0.3) is 17.8 Å². The number of benzene rings is 1. The van der Waals surface area contributed by atoms with Crippen molar-refractivity contribution in [3.8, 4) is 16.3 Å². The van der Waals surface area contributed by atoms with E-state index in [4.69, 9.17) is 16.3 Å². The van der Waals surface area contributed by atoms with Crippen LogP contribution in [-0.4, -0.2) is 40.4 Å². The average molecular weight is 468 g/mol. The molecule has 1 saturated carbocycles. The van der Waals surface area contributed by atoms with Gasteiger partial charge in [-0.15, -0.1) is 11.3 Å². The van der Waals surface area contributed by atoms with E-state index >= 15 is 0 Å². The number of aromatic nitrogens is 2. The first-order valence-corrected chi connectivity index (χ1v) is 11.3. The molecule has 2 amide bonds. The molecule has 2 aromatic heterocycles. The molecular weight excluding hydrogens is 450 g/mol. The van der Waals surface area contributed by atoms with Gasteiger partial charge < -0.3 is 10.1 Å². The van der Waals surface area contributed by atoms with Gasteiger partial charge in [0.05, 0.1) is 23.5 Å². The lowest BCUT2D eigenvalue weighted by Crippen LogP contribution is -2.29. The minimum absolute atomic E-state index is 0.152. The molecule has 162 valence electrons. The van der Waals surface area contributed by atoms with E-state index in [-0.39, 0.29) is 23.3 Å². The van der Waals surface area contributed by atoms with Crippen LogP contribution in [0, 0.1) is 5.92 Å². The summed E-state index contributed by atoms with van der Waals surface area (Å²) in [7, 11) is 1.48. The van der Waals surface area contributed by atoms with E-state index in [9.17, 15) is 9.59 Å². The summed E-state index contributed by atoms with van der Waals surface area (Å²) in [5, 5.41) is 9.79.